The molecule has 0 radical (unpaired) electrons. The highest BCUT2D eigenvalue weighted by molar-refractivity contribution is 5.21. The zero-order chi connectivity index (χ0) is 5.98. The lowest BCUT2D eigenvalue weighted by molar-refractivity contribution is 0.432. The summed E-state index contributed by atoms with van der Waals surface area (Å²) in [6.07, 6.45) is 0. The molecule has 0 aliphatic rings. The van der Waals surface area contributed by atoms with Gasteiger partial charge in [-0.2, -0.15) is 0 Å². The molecular formula is C6H5FO. The Kier molecular flexibility index (Phi) is 1.16. The fraction of sp³-hybridized carbons (Fsp3) is 0. The van der Waals surface area contributed by atoms with Crippen molar-refractivity contribution >= 4 is 0 Å². The van der Waals surface area contributed by atoms with E-state index in [9.17, 15) is 4.39 Å². The molecule has 0 unspecified atom stereocenters. The van der Waals surface area contributed by atoms with Crippen molar-refractivity contribution in [3.63, 3.8) is 0 Å². The number of phenolic OH excluding ortho intramolecular Hbond substituents is 1. The van der Waals surface area contributed by atoms with Gasteiger partial charge in [0.25, 0.3) is 0 Å². The molecule has 42 valence electrons. The lowest BCUT2D eigenvalue weighted by atomic mass is 11.3. The molecule has 0 heterocycles. The summed E-state index contributed by atoms with van der Waals surface area (Å²) in [6.45, 7) is 0. The predicted octanol–water partition coefficient (Wildman–Crippen LogP) is 1.53. The summed E-state index contributed by atoms with van der Waals surface area (Å²) in [5, 5.41) is 8.54. The van der Waals surface area contributed by atoms with E-state index in [0.717, 1.165) is 0 Å². The maximum absolute atomic E-state index is 12.1. The molecule has 0 aliphatic carbocycles. The van der Waals surface area contributed by atoms with Gasteiger partial charge in [-0.25, -0.2) is 4.39 Å². The van der Waals surface area contributed by atoms with Crippen LogP contribution in [0.4, 0.5) is 4.39 Å². The summed E-state index contributed by atoms with van der Waals surface area (Å²) < 4.78 is 12.1. The van der Waals surface area contributed by atoms with Crippen molar-refractivity contribution in [2.75, 3.05) is 0 Å². The van der Waals surface area contributed by atoms with Crippen LogP contribution in [0, 0.1) is 5.82 Å². The Morgan fingerprint density at radius 1 is 1.25 bits per heavy atom. The van der Waals surface area contributed by atoms with Gasteiger partial charge in [-0.05, 0) is 12.1 Å². The van der Waals surface area contributed by atoms with Crippen molar-refractivity contribution in [2.24, 2.45) is 0 Å². The van der Waals surface area contributed by atoms with Crippen LogP contribution in [0.2, 0.25) is 0 Å². The van der Waals surface area contributed by atoms with Gasteiger partial charge in [0.05, 0.1) is 0 Å². The van der Waals surface area contributed by atoms with Gasteiger partial charge in [-0.3, -0.25) is 0 Å². The van der Waals surface area contributed by atoms with E-state index in [4.69, 9.17) is 5.11 Å². The number of phenols is 1. The maximum Gasteiger partial charge on any atom is 0.164 e. The third-order valence-electron chi connectivity index (χ3n) is 0.852. The lowest BCUT2D eigenvalue weighted by Crippen LogP contribution is -1.70. The zero-order valence-corrected chi connectivity index (χ0v) is 4.13. The van der Waals surface area contributed by atoms with Crippen molar-refractivity contribution in [1.82, 2.24) is 0 Å². The molecule has 0 aromatic heterocycles. The van der Waals surface area contributed by atoms with Crippen molar-refractivity contribution in [2.45, 2.75) is 0 Å². The van der Waals surface area contributed by atoms with Crippen molar-refractivity contribution in [3.05, 3.63) is 30.1 Å². The predicted molar refractivity (Wildman–Crippen MR) is 28.1 cm³/mol. The first-order valence-electron chi connectivity index (χ1n) is 2.24. The van der Waals surface area contributed by atoms with Gasteiger partial charge >= 0.3 is 0 Å². The Morgan fingerprint density at radius 2 is 1.88 bits per heavy atom. The van der Waals surface area contributed by atoms with Gasteiger partial charge in [0, 0.05) is 0 Å². The van der Waals surface area contributed by atoms with Gasteiger partial charge in [-0.15, -0.1) is 0 Å². The number of halogens is 1. The summed E-state index contributed by atoms with van der Waals surface area (Å²) in [4.78, 5) is 0. The molecular weight excluding hydrogens is 113 g/mol. The van der Waals surface area contributed by atoms with Crippen molar-refractivity contribution in [1.29, 1.82) is 0 Å². The zero-order valence-electron chi connectivity index (χ0n) is 4.13. The summed E-state index contributed by atoms with van der Waals surface area (Å²) in [5.74, 6) is -0.875. The summed E-state index contributed by atoms with van der Waals surface area (Å²) in [7, 11) is 0. The van der Waals surface area contributed by atoms with E-state index in [1.54, 1.807) is 6.07 Å². The van der Waals surface area contributed by atoms with E-state index in [1.165, 1.54) is 18.2 Å². The quantitative estimate of drug-likeness (QED) is 0.547. The Hall–Kier alpha value is -1.05. The normalized spacial score (nSPS) is 9.12. The molecule has 8 heavy (non-hydrogen) atoms. The van der Waals surface area contributed by atoms with Gasteiger partial charge < -0.3 is 5.11 Å². The minimum Gasteiger partial charge on any atom is -0.505 e. The summed E-state index contributed by atoms with van der Waals surface area (Å²) in [6, 6.07) is 5.60. The van der Waals surface area contributed by atoms with Crippen molar-refractivity contribution < 1.29 is 9.50 Å². The molecule has 0 saturated heterocycles. The van der Waals surface area contributed by atoms with Crippen molar-refractivity contribution in [3.8, 4) is 5.75 Å². The molecule has 1 N–H and O–H groups in total. The number of benzene rings is 1. The minimum atomic E-state index is -0.576. The van der Waals surface area contributed by atoms with Crippen LogP contribution < -0.4 is 0 Å². The van der Waals surface area contributed by atoms with Crippen LogP contribution in [-0.2, 0) is 0 Å². The average molecular weight is 118 g/mol. The van der Waals surface area contributed by atoms with Crippen LogP contribution in [0.3, 0.4) is 0 Å². The maximum atomic E-state index is 12.1. The largest absolute Gasteiger partial charge is 0.505 e. The Bertz CT molecular complexity index is 165. The molecule has 0 amide bonds. The topological polar surface area (TPSA) is 20.2 Å². The van der Waals surface area contributed by atoms with E-state index in [-0.39, 0.29) is 5.75 Å². The average Bonchev–Trinajstić information content (AvgIpc) is 1.77. The first-order chi connectivity index (χ1) is 3.80. The number of aromatic hydroxyl groups is 1. The van der Waals surface area contributed by atoms with Gasteiger partial charge in [0.2, 0.25) is 0 Å². The number of hydrogen-bond donors (Lipinski definition) is 1. The molecule has 0 aliphatic heterocycles. The number of rotatable bonds is 0. The monoisotopic (exact) mass is 118 g/mol. The number of hydrogen-bond acceptors (Lipinski definition) is 1. The molecule has 0 fully saturated rings. The second-order valence-electron chi connectivity index (χ2n) is 1.45. The van der Waals surface area contributed by atoms with Gasteiger partial charge in [-0.1, -0.05) is 12.1 Å². The molecule has 1 aromatic carbocycles. The highest BCUT2D eigenvalue weighted by Crippen LogP contribution is 2.11. The second-order valence-corrected chi connectivity index (χ2v) is 1.45. The highest BCUT2D eigenvalue weighted by Gasteiger charge is 1.91. The first kappa shape index (κ1) is 5.09. The first-order valence-corrected chi connectivity index (χ1v) is 2.24. The Balaban J connectivity index is 3.13. The SMILES string of the molecule is O[13c]1[13cH][13cH][13cH][13cH][13c]1F. The van der Waals surface area contributed by atoms with Crippen LogP contribution in [0.25, 0.3) is 0 Å². The molecule has 1 nitrogen and oxygen atoms in total. The van der Waals surface area contributed by atoms with E-state index in [1.807, 2.05) is 0 Å². The third-order valence-corrected chi connectivity index (χ3v) is 0.852. The smallest absolute Gasteiger partial charge is 0.164 e. The molecule has 1 aromatic rings. The third kappa shape index (κ3) is 0.780. The van der Waals surface area contributed by atoms with E-state index in [2.05, 4.69) is 0 Å². The molecule has 0 atom stereocenters. The second kappa shape index (κ2) is 1.82. The highest BCUT2D eigenvalue weighted by atomic mass is 19.2. The van der Waals surface area contributed by atoms with E-state index >= 15 is 0 Å². The Labute approximate surface area is 46.4 Å². The van der Waals surface area contributed by atoms with E-state index in [0.29, 0.717) is 0 Å². The number of para-hydroxylation sites is 1. The molecule has 2 heteroatoms. The minimum absolute atomic E-state index is 0.299. The van der Waals surface area contributed by atoms with E-state index < -0.39 is 5.82 Å². The molecule has 0 saturated carbocycles. The summed E-state index contributed by atoms with van der Waals surface area (Å²) in [5.41, 5.74) is 0. The lowest BCUT2D eigenvalue weighted by Gasteiger charge is -1.88. The fourth-order valence-electron chi connectivity index (χ4n) is 0.452. The Morgan fingerprint density at radius 3 is 2.25 bits per heavy atom. The standard InChI is InChI=1S/C6H5FO/c7-5-3-1-2-4-6(5)8/h1-4,8H/i1+1,2+1,3+1,4+1,5+1,6+1. The fourth-order valence-corrected chi connectivity index (χ4v) is 0.452. The van der Waals surface area contributed by atoms with Crippen LogP contribution in [0.5, 0.6) is 5.75 Å². The molecule has 1 rings (SSSR count). The van der Waals surface area contributed by atoms with Gasteiger partial charge in [0.15, 0.2) is 11.6 Å². The molecule has 0 spiro atoms. The van der Waals surface area contributed by atoms with Gasteiger partial charge in [0.1, 0.15) is 0 Å². The van der Waals surface area contributed by atoms with Crippen LogP contribution >= 0.6 is 0 Å². The molecule has 0 bridgehead atoms. The van der Waals surface area contributed by atoms with Crippen LogP contribution in [-0.4, -0.2) is 5.11 Å². The van der Waals surface area contributed by atoms with Crippen LogP contribution in [0.15, 0.2) is 24.3 Å². The van der Waals surface area contributed by atoms with Crippen LogP contribution in [0.1, 0.15) is 0 Å². The summed E-state index contributed by atoms with van der Waals surface area (Å²) >= 11 is 0.